The van der Waals surface area contributed by atoms with Crippen LogP contribution in [0, 0.1) is 0 Å². The Kier molecular flexibility index (Phi) is 4.55. The molecular weight excluding hydrogens is 248 g/mol. The zero-order valence-corrected chi connectivity index (χ0v) is 11.1. The molecule has 1 aromatic heterocycles. The van der Waals surface area contributed by atoms with E-state index in [1.807, 2.05) is 29.6 Å². The van der Waals surface area contributed by atoms with E-state index in [9.17, 15) is 0 Å². The van der Waals surface area contributed by atoms with Crippen molar-refractivity contribution < 1.29 is 9.47 Å². The van der Waals surface area contributed by atoms with E-state index in [4.69, 9.17) is 15.2 Å². The molecule has 4 nitrogen and oxygen atoms in total. The topological polar surface area (TPSA) is 57.4 Å². The molecule has 0 aliphatic carbocycles. The van der Waals surface area contributed by atoms with E-state index in [0.29, 0.717) is 13.2 Å². The number of ether oxygens (including phenoxy) is 2. The molecule has 0 saturated heterocycles. The van der Waals surface area contributed by atoms with Crippen molar-refractivity contribution in [2.24, 2.45) is 5.73 Å². The highest BCUT2D eigenvalue weighted by atomic mass is 32.1. The van der Waals surface area contributed by atoms with Gasteiger partial charge in [-0.2, -0.15) is 0 Å². The minimum atomic E-state index is 0.488. The summed E-state index contributed by atoms with van der Waals surface area (Å²) in [6.45, 7) is 1.12. The van der Waals surface area contributed by atoms with Crippen LogP contribution in [-0.2, 0) is 13.0 Å². The second-order valence-electron chi connectivity index (χ2n) is 3.74. The predicted octanol–water partition coefficient (Wildman–Crippen LogP) is 2.23. The van der Waals surface area contributed by atoms with Gasteiger partial charge in [0.1, 0.15) is 23.1 Å². The number of benzene rings is 1. The maximum atomic E-state index is 5.64. The van der Waals surface area contributed by atoms with Crippen molar-refractivity contribution in [1.82, 2.24) is 4.98 Å². The fraction of sp³-hybridized carbons (Fsp3) is 0.308. The van der Waals surface area contributed by atoms with Crippen molar-refractivity contribution in [2.75, 3.05) is 13.7 Å². The standard InChI is InChI=1S/C13H16N2O2S/c1-16-11-2-4-12(5-3-11)17-8-13-15-10(6-7-14)9-18-13/h2-5,9H,6-8,14H2,1H3. The summed E-state index contributed by atoms with van der Waals surface area (Å²) >= 11 is 1.60. The first-order valence-corrected chi connectivity index (χ1v) is 6.60. The zero-order valence-electron chi connectivity index (χ0n) is 10.3. The number of aromatic nitrogens is 1. The molecule has 96 valence electrons. The predicted molar refractivity (Wildman–Crippen MR) is 72.2 cm³/mol. The highest BCUT2D eigenvalue weighted by Crippen LogP contribution is 2.19. The van der Waals surface area contributed by atoms with Gasteiger partial charge >= 0.3 is 0 Å². The molecule has 0 radical (unpaired) electrons. The van der Waals surface area contributed by atoms with E-state index in [1.54, 1.807) is 18.4 Å². The molecule has 5 heteroatoms. The van der Waals surface area contributed by atoms with Crippen molar-refractivity contribution in [1.29, 1.82) is 0 Å². The molecular formula is C13H16N2O2S. The Hall–Kier alpha value is -1.59. The van der Waals surface area contributed by atoms with Gasteiger partial charge in [-0.3, -0.25) is 0 Å². The first-order chi connectivity index (χ1) is 8.81. The van der Waals surface area contributed by atoms with Crippen molar-refractivity contribution in [2.45, 2.75) is 13.0 Å². The molecule has 0 spiro atoms. The van der Waals surface area contributed by atoms with Crippen LogP contribution in [0.3, 0.4) is 0 Å². The van der Waals surface area contributed by atoms with E-state index < -0.39 is 0 Å². The number of nitrogens with two attached hydrogens (primary N) is 1. The highest BCUT2D eigenvalue weighted by molar-refractivity contribution is 7.09. The molecule has 0 saturated carbocycles. The van der Waals surface area contributed by atoms with Crippen LogP contribution in [0.25, 0.3) is 0 Å². The molecule has 1 heterocycles. The number of thiazole rings is 1. The van der Waals surface area contributed by atoms with Crippen molar-refractivity contribution in [3.05, 3.63) is 40.3 Å². The first-order valence-electron chi connectivity index (χ1n) is 5.72. The summed E-state index contributed by atoms with van der Waals surface area (Å²) in [5.41, 5.74) is 6.52. The second-order valence-corrected chi connectivity index (χ2v) is 4.68. The Morgan fingerprint density at radius 2 is 1.94 bits per heavy atom. The lowest BCUT2D eigenvalue weighted by Gasteiger charge is -2.04. The lowest BCUT2D eigenvalue weighted by Crippen LogP contribution is -2.03. The largest absolute Gasteiger partial charge is 0.497 e. The molecule has 0 aliphatic heterocycles. The Morgan fingerprint density at radius 3 is 2.61 bits per heavy atom. The normalized spacial score (nSPS) is 10.3. The number of nitrogens with zero attached hydrogens (tertiary/aromatic N) is 1. The Bertz CT molecular complexity index is 482. The van der Waals surface area contributed by atoms with Crippen LogP contribution in [-0.4, -0.2) is 18.6 Å². The number of hydrogen-bond acceptors (Lipinski definition) is 5. The minimum absolute atomic E-state index is 0.488. The molecule has 0 unspecified atom stereocenters. The van der Waals surface area contributed by atoms with Gasteiger partial charge in [-0.25, -0.2) is 4.98 Å². The fourth-order valence-corrected chi connectivity index (χ4v) is 2.23. The van der Waals surface area contributed by atoms with Crippen molar-refractivity contribution >= 4 is 11.3 Å². The van der Waals surface area contributed by atoms with E-state index in [-0.39, 0.29) is 0 Å². The van der Waals surface area contributed by atoms with E-state index >= 15 is 0 Å². The van der Waals surface area contributed by atoms with Crippen LogP contribution in [0.2, 0.25) is 0 Å². The molecule has 2 aromatic rings. The summed E-state index contributed by atoms with van der Waals surface area (Å²) in [6, 6.07) is 7.51. The molecule has 0 aliphatic rings. The Labute approximate surface area is 110 Å². The van der Waals surface area contributed by atoms with E-state index in [2.05, 4.69) is 4.98 Å². The number of rotatable bonds is 6. The molecule has 0 amide bonds. The summed E-state index contributed by atoms with van der Waals surface area (Å²) in [5, 5.41) is 2.99. The minimum Gasteiger partial charge on any atom is -0.497 e. The maximum absolute atomic E-state index is 5.64. The van der Waals surface area contributed by atoms with Crippen LogP contribution in [0.1, 0.15) is 10.7 Å². The molecule has 0 bridgehead atoms. The van der Waals surface area contributed by atoms with E-state index in [0.717, 1.165) is 28.6 Å². The van der Waals surface area contributed by atoms with Gasteiger partial charge in [0.15, 0.2) is 0 Å². The summed E-state index contributed by atoms with van der Waals surface area (Å²) in [5.74, 6) is 1.63. The van der Waals surface area contributed by atoms with Crippen LogP contribution >= 0.6 is 11.3 Å². The fourth-order valence-electron chi connectivity index (χ4n) is 1.49. The van der Waals surface area contributed by atoms with Crippen LogP contribution in [0.15, 0.2) is 29.6 Å². The average molecular weight is 264 g/mol. The third-order valence-electron chi connectivity index (χ3n) is 2.42. The summed E-state index contributed by atoms with van der Waals surface area (Å²) in [6.07, 6.45) is 0.818. The monoisotopic (exact) mass is 264 g/mol. The van der Waals surface area contributed by atoms with Crippen molar-refractivity contribution in [3.8, 4) is 11.5 Å². The molecule has 2 rings (SSSR count). The van der Waals surface area contributed by atoms with Gasteiger partial charge in [-0.15, -0.1) is 11.3 Å². The average Bonchev–Trinajstić information content (AvgIpc) is 2.85. The molecule has 2 N–H and O–H groups in total. The lowest BCUT2D eigenvalue weighted by molar-refractivity contribution is 0.304. The number of hydrogen-bond donors (Lipinski definition) is 1. The molecule has 0 fully saturated rings. The van der Waals surface area contributed by atoms with Crippen molar-refractivity contribution in [3.63, 3.8) is 0 Å². The van der Waals surface area contributed by atoms with Gasteiger partial charge in [-0.05, 0) is 30.8 Å². The SMILES string of the molecule is COc1ccc(OCc2nc(CCN)cs2)cc1. The van der Waals surface area contributed by atoms with Gasteiger partial charge in [-0.1, -0.05) is 0 Å². The van der Waals surface area contributed by atoms with Crippen LogP contribution in [0.5, 0.6) is 11.5 Å². The zero-order chi connectivity index (χ0) is 12.8. The van der Waals surface area contributed by atoms with Gasteiger partial charge in [0, 0.05) is 11.8 Å². The van der Waals surface area contributed by atoms with Gasteiger partial charge in [0.25, 0.3) is 0 Å². The van der Waals surface area contributed by atoms with Gasteiger partial charge < -0.3 is 15.2 Å². The molecule has 1 aromatic carbocycles. The number of methoxy groups -OCH3 is 1. The molecule has 0 atom stereocenters. The summed E-state index contributed by atoms with van der Waals surface area (Å²) in [7, 11) is 1.64. The molecule has 18 heavy (non-hydrogen) atoms. The quantitative estimate of drug-likeness (QED) is 0.869. The van der Waals surface area contributed by atoms with Crippen LogP contribution in [0.4, 0.5) is 0 Å². The first kappa shape index (κ1) is 12.9. The van der Waals surface area contributed by atoms with Gasteiger partial charge in [0.2, 0.25) is 0 Å². The third kappa shape index (κ3) is 3.45. The Morgan fingerprint density at radius 1 is 1.22 bits per heavy atom. The van der Waals surface area contributed by atoms with Gasteiger partial charge in [0.05, 0.1) is 12.8 Å². The third-order valence-corrected chi connectivity index (χ3v) is 3.29. The van der Waals surface area contributed by atoms with Crippen LogP contribution < -0.4 is 15.2 Å². The lowest BCUT2D eigenvalue weighted by atomic mass is 10.3. The maximum Gasteiger partial charge on any atom is 0.140 e. The van der Waals surface area contributed by atoms with E-state index in [1.165, 1.54) is 0 Å². The second kappa shape index (κ2) is 6.37. The summed E-state index contributed by atoms with van der Waals surface area (Å²) < 4.78 is 10.7. The highest BCUT2D eigenvalue weighted by Gasteiger charge is 2.02. The Balaban J connectivity index is 1.89. The summed E-state index contributed by atoms with van der Waals surface area (Å²) in [4.78, 5) is 4.44. The smallest absolute Gasteiger partial charge is 0.140 e.